The van der Waals surface area contributed by atoms with Gasteiger partial charge in [-0.1, -0.05) is 12.1 Å². The van der Waals surface area contributed by atoms with Crippen molar-refractivity contribution < 1.29 is 9.13 Å². The summed E-state index contributed by atoms with van der Waals surface area (Å²) in [5.41, 5.74) is 2.76. The Morgan fingerprint density at radius 2 is 1.94 bits per heavy atom. The number of pyridine rings is 1. The fraction of sp³-hybridized carbons (Fsp3) is 0.333. The van der Waals surface area contributed by atoms with Gasteiger partial charge < -0.3 is 19.5 Å². The Morgan fingerprint density at radius 3 is 2.72 bits per heavy atom. The number of nitrogens with one attached hydrogen (secondary N) is 1. The molecule has 166 valence electrons. The number of halogens is 1. The van der Waals surface area contributed by atoms with Crippen molar-refractivity contribution in [1.82, 2.24) is 24.7 Å². The van der Waals surface area contributed by atoms with Gasteiger partial charge in [-0.25, -0.2) is 4.39 Å². The lowest BCUT2D eigenvalue weighted by atomic mass is 10.0. The zero-order valence-electron chi connectivity index (χ0n) is 17.7. The van der Waals surface area contributed by atoms with E-state index in [4.69, 9.17) is 17.0 Å². The van der Waals surface area contributed by atoms with Gasteiger partial charge in [0.1, 0.15) is 5.82 Å². The van der Waals surface area contributed by atoms with Crippen LogP contribution in [0.4, 0.5) is 4.39 Å². The van der Waals surface area contributed by atoms with Gasteiger partial charge in [-0.2, -0.15) is 0 Å². The molecule has 32 heavy (non-hydrogen) atoms. The first-order valence-corrected chi connectivity index (χ1v) is 11.3. The Morgan fingerprint density at radius 1 is 1.06 bits per heavy atom. The highest BCUT2D eigenvalue weighted by Crippen LogP contribution is 2.39. The van der Waals surface area contributed by atoms with Crippen molar-refractivity contribution >= 4 is 17.3 Å². The van der Waals surface area contributed by atoms with Crippen LogP contribution in [0.25, 0.3) is 5.69 Å². The number of aromatic nitrogens is 2. The standard InChI is InChI=1S/C24H26FN5OS/c25-18-5-3-6-19(17-18)29-10-4-8-21(29)23-22(20-7-1-2-9-26-20)27-24(32)30(23)12-11-28-13-15-31-16-14-28/h1-10,17,22-23H,11-16H2,(H,27,32). The van der Waals surface area contributed by atoms with Crippen LogP contribution in [0.15, 0.2) is 67.0 Å². The number of hydrogen-bond donors (Lipinski definition) is 1. The van der Waals surface area contributed by atoms with Crippen LogP contribution in [0.3, 0.4) is 0 Å². The predicted octanol–water partition coefficient (Wildman–Crippen LogP) is 3.32. The Hall–Kier alpha value is -2.81. The first-order chi connectivity index (χ1) is 15.7. The second kappa shape index (κ2) is 9.36. The summed E-state index contributed by atoms with van der Waals surface area (Å²) < 4.78 is 21.5. The van der Waals surface area contributed by atoms with Crippen LogP contribution in [-0.4, -0.2) is 63.9 Å². The summed E-state index contributed by atoms with van der Waals surface area (Å²) >= 11 is 5.79. The average molecular weight is 452 g/mol. The van der Waals surface area contributed by atoms with E-state index in [1.54, 1.807) is 18.3 Å². The fourth-order valence-corrected chi connectivity index (χ4v) is 4.87. The first kappa shape index (κ1) is 21.1. The minimum atomic E-state index is -0.257. The third-order valence-electron chi connectivity index (χ3n) is 6.13. The van der Waals surface area contributed by atoms with Gasteiger partial charge in [0.25, 0.3) is 0 Å². The summed E-state index contributed by atoms with van der Waals surface area (Å²) in [6.07, 6.45) is 3.78. The Bertz CT molecular complexity index is 1070. The van der Waals surface area contributed by atoms with Crippen molar-refractivity contribution in [2.75, 3.05) is 39.4 Å². The molecule has 2 atom stereocenters. The van der Waals surface area contributed by atoms with Crippen LogP contribution in [0.5, 0.6) is 0 Å². The maximum atomic E-state index is 14.0. The van der Waals surface area contributed by atoms with E-state index in [-0.39, 0.29) is 17.9 Å². The molecule has 8 heteroatoms. The van der Waals surface area contributed by atoms with Gasteiger partial charge in [0.2, 0.25) is 0 Å². The highest BCUT2D eigenvalue weighted by Gasteiger charge is 2.41. The van der Waals surface area contributed by atoms with Gasteiger partial charge in [-0.05, 0) is 54.7 Å². The molecule has 2 fully saturated rings. The highest BCUT2D eigenvalue weighted by molar-refractivity contribution is 7.80. The second-order valence-electron chi connectivity index (χ2n) is 8.06. The average Bonchev–Trinajstić information content (AvgIpc) is 3.43. The van der Waals surface area contributed by atoms with E-state index in [1.165, 1.54) is 6.07 Å². The van der Waals surface area contributed by atoms with Crippen LogP contribution in [0.2, 0.25) is 0 Å². The molecule has 1 aromatic carbocycles. The zero-order valence-corrected chi connectivity index (χ0v) is 18.5. The van der Waals surface area contributed by atoms with E-state index in [9.17, 15) is 4.39 Å². The summed E-state index contributed by atoms with van der Waals surface area (Å²) in [6, 6.07) is 16.5. The van der Waals surface area contributed by atoms with Crippen LogP contribution in [0.1, 0.15) is 23.5 Å². The van der Waals surface area contributed by atoms with Crippen molar-refractivity contribution in [2.24, 2.45) is 0 Å². The van der Waals surface area contributed by atoms with Crippen molar-refractivity contribution in [3.63, 3.8) is 0 Å². The van der Waals surface area contributed by atoms with Crippen LogP contribution < -0.4 is 5.32 Å². The molecule has 6 nitrogen and oxygen atoms in total. The van der Waals surface area contributed by atoms with Gasteiger partial charge in [-0.15, -0.1) is 0 Å². The van der Waals surface area contributed by atoms with Crippen molar-refractivity contribution in [3.8, 4) is 5.69 Å². The van der Waals surface area contributed by atoms with Crippen LogP contribution in [-0.2, 0) is 4.74 Å². The van der Waals surface area contributed by atoms with Crippen LogP contribution >= 0.6 is 12.2 Å². The van der Waals surface area contributed by atoms with E-state index in [0.29, 0.717) is 5.11 Å². The zero-order chi connectivity index (χ0) is 21.9. The molecule has 4 heterocycles. The first-order valence-electron chi connectivity index (χ1n) is 10.9. The molecule has 0 saturated carbocycles. The lowest BCUT2D eigenvalue weighted by molar-refractivity contribution is 0.0349. The maximum Gasteiger partial charge on any atom is 0.170 e. The van der Waals surface area contributed by atoms with Gasteiger partial charge in [0, 0.05) is 50.0 Å². The molecule has 5 rings (SSSR count). The van der Waals surface area contributed by atoms with Gasteiger partial charge in [0.15, 0.2) is 5.11 Å². The molecule has 0 aliphatic carbocycles. The number of hydrogen-bond acceptors (Lipinski definition) is 4. The smallest absolute Gasteiger partial charge is 0.170 e. The van der Waals surface area contributed by atoms with Crippen molar-refractivity contribution in [1.29, 1.82) is 0 Å². The minimum absolute atomic E-state index is 0.0725. The monoisotopic (exact) mass is 451 g/mol. The van der Waals surface area contributed by atoms with E-state index >= 15 is 0 Å². The lowest BCUT2D eigenvalue weighted by Gasteiger charge is -2.32. The Kier molecular flexibility index (Phi) is 6.16. The highest BCUT2D eigenvalue weighted by atomic mass is 32.1. The third-order valence-corrected chi connectivity index (χ3v) is 6.48. The number of thiocarbonyl (C=S) groups is 1. The SMILES string of the molecule is Fc1cccc(-n2cccc2C2C(c3ccccn3)NC(=S)N2CCN2CCOCC2)c1. The van der Waals surface area contributed by atoms with Crippen molar-refractivity contribution in [2.45, 2.75) is 12.1 Å². The van der Waals surface area contributed by atoms with E-state index in [1.807, 2.05) is 41.1 Å². The molecule has 0 radical (unpaired) electrons. The van der Waals surface area contributed by atoms with Gasteiger partial charge in [0.05, 0.1) is 31.0 Å². The number of ether oxygens (including phenoxy) is 1. The Balaban J connectivity index is 1.50. The number of rotatable bonds is 6. The second-order valence-corrected chi connectivity index (χ2v) is 8.44. The Labute approximate surface area is 192 Å². The van der Waals surface area contributed by atoms with Gasteiger partial charge in [-0.3, -0.25) is 9.88 Å². The molecule has 0 spiro atoms. The van der Waals surface area contributed by atoms with E-state index in [0.717, 1.165) is 56.5 Å². The fourth-order valence-electron chi connectivity index (χ4n) is 4.54. The summed E-state index contributed by atoms with van der Waals surface area (Å²) in [4.78, 5) is 9.26. The van der Waals surface area contributed by atoms with Crippen LogP contribution in [0, 0.1) is 5.82 Å². The van der Waals surface area contributed by atoms with E-state index < -0.39 is 0 Å². The number of benzene rings is 1. The molecular formula is C24H26FN5OS. The normalized spacial score (nSPS) is 21.7. The van der Waals surface area contributed by atoms with Gasteiger partial charge >= 0.3 is 0 Å². The third kappa shape index (κ3) is 4.26. The summed E-state index contributed by atoms with van der Waals surface area (Å²) in [5, 5.41) is 4.21. The van der Waals surface area contributed by atoms with Crippen molar-refractivity contribution in [3.05, 3.63) is 84.2 Å². The summed E-state index contributed by atoms with van der Waals surface area (Å²) in [5.74, 6) is -0.257. The molecular weight excluding hydrogens is 425 g/mol. The lowest BCUT2D eigenvalue weighted by Crippen LogP contribution is -2.42. The maximum absolute atomic E-state index is 14.0. The molecule has 1 N–H and O–H groups in total. The molecule has 0 amide bonds. The number of morpholine rings is 1. The summed E-state index contributed by atoms with van der Waals surface area (Å²) in [7, 11) is 0. The van der Waals surface area contributed by atoms with E-state index in [2.05, 4.69) is 26.2 Å². The molecule has 2 aliphatic rings. The molecule has 2 aromatic heterocycles. The number of nitrogens with zero attached hydrogens (tertiary/aromatic N) is 4. The molecule has 3 aromatic rings. The quantitative estimate of drug-likeness (QED) is 0.581. The largest absolute Gasteiger partial charge is 0.379 e. The summed E-state index contributed by atoms with van der Waals surface area (Å²) in [6.45, 7) is 5.09. The molecule has 2 unspecified atom stereocenters. The topological polar surface area (TPSA) is 45.6 Å². The predicted molar refractivity (Wildman–Crippen MR) is 125 cm³/mol. The molecule has 0 bridgehead atoms. The molecule has 2 aliphatic heterocycles. The molecule has 2 saturated heterocycles. The minimum Gasteiger partial charge on any atom is -0.379 e.